The molecule has 1 heterocycles. The third-order valence-corrected chi connectivity index (χ3v) is 7.05. The van der Waals surface area contributed by atoms with Crippen LogP contribution in [-0.4, -0.2) is 34.5 Å². The summed E-state index contributed by atoms with van der Waals surface area (Å²) in [6.45, 7) is 23.9. The molecule has 1 N–H and O–H groups in total. The SMILES string of the molecule is CC(=O)O[C@@]1(C(C)(C)C)C[C@@H](CSc2cc(C(C)(C)C)c(O)c(C(C)(C)C)c2)OC(C)(C)O1. The lowest BCUT2D eigenvalue weighted by molar-refractivity contribution is -0.413. The van der Waals surface area contributed by atoms with E-state index in [0.29, 0.717) is 17.9 Å². The zero-order valence-electron chi connectivity index (χ0n) is 22.6. The van der Waals surface area contributed by atoms with Crippen LogP contribution in [-0.2, 0) is 29.8 Å². The molecule has 0 amide bonds. The number of rotatable bonds is 4. The van der Waals surface area contributed by atoms with E-state index in [-0.39, 0.29) is 22.9 Å². The van der Waals surface area contributed by atoms with Crippen LogP contribution in [0.1, 0.15) is 101 Å². The van der Waals surface area contributed by atoms with Gasteiger partial charge in [-0.2, -0.15) is 0 Å². The van der Waals surface area contributed by atoms with Gasteiger partial charge in [0.25, 0.3) is 0 Å². The highest BCUT2D eigenvalue weighted by molar-refractivity contribution is 7.99. The molecule has 1 aromatic carbocycles. The maximum atomic E-state index is 12.0. The van der Waals surface area contributed by atoms with Gasteiger partial charge in [0.1, 0.15) is 5.75 Å². The molecular formula is C27H44O5S. The number of phenolic OH excluding ortho intramolecular Hbond substituents is 1. The number of phenols is 1. The van der Waals surface area contributed by atoms with E-state index in [0.717, 1.165) is 16.0 Å². The molecule has 1 saturated heterocycles. The Morgan fingerprint density at radius 1 is 1.06 bits per heavy atom. The van der Waals surface area contributed by atoms with E-state index in [1.165, 1.54) is 6.92 Å². The zero-order valence-corrected chi connectivity index (χ0v) is 23.5. The van der Waals surface area contributed by atoms with E-state index in [1.807, 2.05) is 34.6 Å². The number of carbonyl (C=O) groups is 1. The molecule has 6 heteroatoms. The monoisotopic (exact) mass is 480 g/mol. The van der Waals surface area contributed by atoms with E-state index in [2.05, 4.69) is 53.7 Å². The highest BCUT2D eigenvalue weighted by Gasteiger charge is 2.55. The fraction of sp³-hybridized carbons (Fsp3) is 0.741. The summed E-state index contributed by atoms with van der Waals surface area (Å²) in [5.74, 6) is -1.28. The van der Waals surface area contributed by atoms with Crippen LogP contribution in [0.3, 0.4) is 0 Å². The molecule has 188 valence electrons. The van der Waals surface area contributed by atoms with Gasteiger partial charge in [-0.3, -0.25) is 4.79 Å². The van der Waals surface area contributed by atoms with Gasteiger partial charge >= 0.3 is 5.97 Å². The smallest absolute Gasteiger partial charge is 0.305 e. The highest BCUT2D eigenvalue weighted by Crippen LogP contribution is 2.47. The van der Waals surface area contributed by atoms with Crippen molar-refractivity contribution in [2.75, 3.05) is 5.75 Å². The summed E-state index contributed by atoms with van der Waals surface area (Å²) in [7, 11) is 0. The van der Waals surface area contributed by atoms with E-state index < -0.39 is 17.0 Å². The molecule has 1 fully saturated rings. The van der Waals surface area contributed by atoms with Crippen molar-refractivity contribution in [1.82, 2.24) is 0 Å². The van der Waals surface area contributed by atoms with E-state index in [1.54, 1.807) is 11.8 Å². The molecule has 0 aliphatic carbocycles. The molecule has 5 nitrogen and oxygen atoms in total. The number of ether oxygens (including phenoxy) is 3. The summed E-state index contributed by atoms with van der Waals surface area (Å²) in [6, 6.07) is 4.17. The zero-order chi connectivity index (χ0) is 25.6. The minimum atomic E-state index is -1.08. The van der Waals surface area contributed by atoms with Crippen molar-refractivity contribution in [1.29, 1.82) is 0 Å². The lowest BCUT2D eigenvalue weighted by atomic mass is 9.79. The average molecular weight is 481 g/mol. The first kappa shape index (κ1) is 28.0. The van der Waals surface area contributed by atoms with Crippen LogP contribution in [0.4, 0.5) is 0 Å². The van der Waals surface area contributed by atoms with Gasteiger partial charge in [-0.15, -0.1) is 11.8 Å². The van der Waals surface area contributed by atoms with E-state index in [4.69, 9.17) is 14.2 Å². The maximum Gasteiger partial charge on any atom is 0.305 e. The Morgan fingerprint density at radius 3 is 1.94 bits per heavy atom. The third kappa shape index (κ3) is 6.67. The van der Waals surface area contributed by atoms with Crippen LogP contribution in [0, 0.1) is 5.41 Å². The van der Waals surface area contributed by atoms with Gasteiger partial charge in [0.15, 0.2) is 5.79 Å². The summed E-state index contributed by atoms with van der Waals surface area (Å²) in [4.78, 5) is 13.1. The molecule has 33 heavy (non-hydrogen) atoms. The van der Waals surface area contributed by atoms with Crippen molar-refractivity contribution >= 4 is 17.7 Å². The number of esters is 1. The standard InChI is InChI=1S/C27H44O5S/c1-17(28)30-27(25(8,9)10)15-18(31-26(11,12)32-27)16-33-19-13-20(23(2,3)4)22(29)21(14-19)24(5,6)7/h13-14,18,29H,15-16H2,1-12H3/t18-,27-/m0/s1. The van der Waals surface area contributed by atoms with Gasteiger partial charge in [-0.05, 0) is 36.8 Å². The minimum absolute atomic E-state index is 0.178. The number of carbonyl (C=O) groups excluding carboxylic acids is 1. The van der Waals surface area contributed by atoms with Gasteiger partial charge < -0.3 is 19.3 Å². The van der Waals surface area contributed by atoms with Crippen molar-refractivity contribution in [3.8, 4) is 5.75 Å². The molecular weight excluding hydrogens is 436 g/mol. The summed E-state index contributed by atoms with van der Waals surface area (Å²) < 4.78 is 18.3. The lowest BCUT2D eigenvalue weighted by Gasteiger charge is -2.52. The molecule has 1 aliphatic heterocycles. The van der Waals surface area contributed by atoms with E-state index >= 15 is 0 Å². The minimum Gasteiger partial charge on any atom is -0.507 e. The van der Waals surface area contributed by atoms with Crippen molar-refractivity contribution in [3.63, 3.8) is 0 Å². The number of hydrogen-bond donors (Lipinski definition) is 1. The summed E-state index contributed by atoms with van der Waals surface area (Å²) in [5, 5.41) is 11.0. The first-order chi connectivity index (χ1) is 14.7. The largest absolute Gasteiger partial charge is 0.507 e. The Labute approximate surface area is 205 Å². The number of aromatic hydroxyl groups is 1. The van der Waals surface area contributed by atoms with Crippen molar-refractivity contribution in [2.24, 2.45) is 5.41 Å². The number of hydrogen-bond acceptors (Lipinski definition) is 6. The Hall–Kier alpha value is -1.24. The Kier molecular flexibility index (Phi) is 7.71. The second-order valence-corrected chi connectivity index (χ2v) is 13.8. The molecule has 0 unspecified atom stereocenters. The maximum absolute atomic E-state index is 12.0. The van der Waals surface area contributed by atoms with Crippen LogP contribution in [0.25, 0.3) is 0 Å². The molecule has 2 atom stereocenters. The van der Waals surface area contributed by atoms with Crippen LogP contribution in [0.5, 0.6) is 5.75 Å². The predicted octanol–water partition coefficient (Wildman–Crippen LogP) is 6.93. The van der Waals surface area contributed by atoms with Crippen molar-refractivity contribution in [3.05, 3.63) is 23.3 Å². The van der Waals surface area contributed by atoms with Crippen LogP contribution >= 0.6 is 11.8 Å². The summed E-state index contributed by atoms with van der Waals surface area (Å²) >= 11 is 1.70. The van der Waals surface area contributed by atoms with E-state index in [9.17, 15) is 9.90 Å². The normalized spacial score (nSPS) is 23.9. The first-order valence-electron chi connectivity index (χ1n) is 11.8. The third-order valence-electron chi connectivity index (χ3n) is 5.94. The molecule has 0 saturated carbocycles. The quantitative estimate of drug-likeness (QED) is 0.372. The second kappa shape index (κ2) is 9.09. The Morgan fingerprint density at radius 2 is 1.55 bits per heavy atom. The fourth-order valence-corrected chi connectivity index (χ4v) is 5.20. The van der Waals surface area contributed by atoms with Crippen LogP contribution in [0.2, 0.25) is 0 Å². The van der Waals surface area contributed by atoms with Gasteiger partial charge in [0.2, 0.25) is 5.79 Å². The van der Waals surface area contributed by atoms with Gasteiger partial charge in [-0.1, -0.05) is 62.3 Å². The topological polar surface area (TPSA) is 65.0 Å². The molecule has 0 aromatic heterocycles. The van der Waals surface area contributed by atoms with Gasteiger partial charge in [0, 0.05) is 40.5 Å². The first-order valence-corrected chi connectivity index (χ1v) is 12.7. The molecule has 1 aliphatic rings. The van der Waals surface area contributed by atoms with Crippen LogP contribution < -0.4 is 0 Å². The second-order valence-electron chi connectivity index (χ2n) is 12.7. The lowest BCUT2D eigenvalue weighted by Crippen LogP contribution is -2.60. The van der Waals surface area contributed by atoms with Gasteiger partial charge in [0.05, 0.1) is 6.10 Å². The van der Waals surface area contributed by atoms with Crippen LogP contribution in [0.15, 0.2) is 17.0 Å². The molecule has 1 aromatic rings. The molecule has 0 radical (unpaired) electrons. The Bertz CT molecular complexity index is 835. The summed E-state index contributed by atoms with van der Waals surface area (Å²) in [5.41, 5.74) is 1.08. The van der Waals surface area contributed by atoms with Gasteiger partial charge in [-0.25, -0.2) is 0 Å². The van der Waals surface area contributed by atoms with Crippen molar-refractivity contribution in [2.45, 2.75) is 123 Å². The average Bonchev–Trinajstić information content (AvgIpc) is 2.55. The molecule has 0 bridgehead atoms. The fourth-order valence-electron chi connectivity index (χ4n) is 4.23. The Balaban J connectivity index is 2.39. The predicted molar refractivity (Wildman–Crippen MR) is 135 cm³/mol. The molecule has 2 rings (SSSR count). The number of thioether (sulfide) groups is 1. The molecule has 0 spiro atoms. The van der Waals surface area contributed by atoms with Crippen molar-refractivity contribution < 1.29 is 24.1 Å². The highest BCUT2D eigenvalue weighted by atomic mass is 32.2. The summed E-state index contributed by atoms with van der Waals surface area (Å²) in [6.07, 6.45) is 0.269. The number of benzene rings is 1.